The molecule has 3 nitrogen and oxygen atoms in total. The highest BCUT2D eigenvalue weighted by atomic mass is 35.5. The fourth-order valence-corrected chi connectivity index (χ4v) is 2.84. The van der Waals surface area contributed by atoms with E-state index in [0.717, 1.165) is 19.5 Å². The second kappa shape index (κ2) is 5.70. The van der Waals surface area contributed by atoms with Gasteiger partial charge >= 0.3 is 0 Å². The van der Waals surface area contributed by atoms with E-state index in [-0.39, 0.29) is 17.4 Å². The molecule has 19 heavy (non-hydrogen) atoms. The predicted octanol–water partition coefficient (Wildman–Crippen LogP) is 3.11. The lowest BCUT2D eigenvalue weighted by molar-refractivity contribution is 0.0869. The van der Waals surface area contributed by atoms with Crippen molar-refractivity contribution in [2.75, 3.05) is 13.1 Å². The number of halogens is 2. The zero-order chi connectivity index (χ0) is 14.0. The van der Waals surface area contributed by atoms with Gasteiger partial charge in [0.1, 0.15) is 0 Å². The Bertz CT molecular complexity index is 488. The van der Waals surface area contributed by atoms with Crippen LogP contribution < -0.4 is 10.6 Å². The summed E-state index contributed by atoms with van der Waals surface area (Å²) >= 11 is 11.9. The van der Waals surface area contributed by atoms with Gasteiger partial charge in [0, 0.05) is 17.6 Å². The Morgan fingerprint density at radius 3 is 2.79 bits per heavy atom. The molecule has 0 aliphatic carbocycles. The first-order valence-electron chi connectivity index (χ1n) is 6.37. The van der Waals surface area contributed by atoms with Crippen molar-refractivity contribution in [2.24, 2.45) is 5.41 Å². The lowest BCUT2D eigenvalue weighted by atomic mass is 9.80. The number of hydrogen-bond donors (Lipinski definition) is 2. The highest BCUT2D eigenvalue weighted by Gasteiger charge is 2.33. The maximum Gasteiger partial charge on any atom is 0.253 e. The third-order valence-electron chi connectivity index (χ3n) is 3.61. The van der Waals surface area contributed by atoms with E-state index in [1.807, 2.05) is 0 Å². The molecule has 1 aromatic rings. The van der Waals surface area contributed by atoms with Crippen molar-refractivity contribution in [2.45, 2.75) is 26.3 Å². The lowest BCUT2D eigenvalue weighted by Gasteiger charge is -2.39. The van der Waals surface area contributed by atoms with Gasteiger partial charge in [-0.15, -0.1) is 0 Å². The van der Waals surface area contributed by atoms with Crippen LogP contribution in [-0.4, -0.2) is 25.0 Å². The molecule has 1 heterocycles. The van der Waals surface area contributed by atoms with Gasteiger partial charge in [-0.1, -0.05) is 37.0 Å². The van der Waals surface area contributed by atoms with Crippen molar-refractivity contribution in [1.82, 2.24) is 10.6 Å². The van der Waals surface area contributed by atoms with Crippen molar-refractivity contribution in [3.8, 4) is 0 Å². The number of hydrogen-bond acceptors (Lipinski definition) is 2. The van der Waals surface area contributed by atoms with Crippen molar-refractivity contribution < 1.29 is 4.79 Å². The molecular formula is C14H18Cl2N2O. The molecule has 1 fully saturated rings. The summed E-state index contributed by atoms with van der Waals surface area (Å²) in [6, 6.07) is 5.07. The third kappa shape index (κ3) is 3.41. The molecule has 0 bridgehead atoms. The molecule has 0 spiro atoms. The van der Waals surface area contributed by atoms with Gasteiger partial charge in [-0.05, 0) is 36.6 Å². The summed E-state index contributed by atoms with van der Waals surface area (Å²) < 4.78 is 0. The molecule has 1 atom stereocenters. The number of carbonyl (C=O) groups is 1. The molecule has 2 rings (SSSR count). The quantitative estimate of drug-likeness (QED) is 0.881. The zero-order valence-electron chi connectivity index (χ0n) is 11.1. The van der Waals surface area contributed by atoms with Crippen LogP contribution >= 0.6 is 23.2 Å². The van der Waals surface area contributed by atoms with Crippen LogP contribution in [0.1, 0.15) is 30.6 Å². The van der Waals surface area contributed by atoms with Gasteiger partial charge in [0.2, 0.25) is 0 Å². The van der Waals surface area contributed by atoms with E-state index < -0.39 is 0 Å². The maximum absolute atomic E-state index is 12.3. The average Bonchev–Trinajstić information content (AvgIpc) is 2.31. The topological polar surface area (TPSA) is 41.1 Å². The van der Waals surface area contributed by atoms with Gasteiger partial charge in [-0.3, -0.25) is 4.79 Å². The second-order valence-electron chi connectivity index (χ2n) is 5.60. The summed E-state index contributed by atoms with van der Waals surface area (Å²) in [5.41, 5.74) is 0.507. The van der Waals surface area contributed by atoms with Crippen LogP contribution in [0.5, 0.6) is 0 Å². The molecule has 0 aromatic heterocycles. The Morgan fingerprint density at radius 1 is 1.42 bits per heavy atom. The van der Waals surface area contributed by atoms with E-state index in [1.54, 1.807) is 18.2 Å². The van der Waals surface area contributed by atoms with E-state index in [0.29, 0.717) is 15.6 Å². The fourth-order valence-electron chi connectivity index (χ4n) is 2.35. The molecule has 1 saturated heterocycles. The van der Waals surface area contributed by atoms with E-state index >= 15 is 0 Å². The van der Waals surface area contributed by atoms with Crippen molar-refractivity contribution in [3.05, 3.63) is 33.8 Å². The molecule has 0 saturated carbocycles. The third-order valence-corrected chi connectivity index (χ3v) is 4.16. The summed E-state index contributed by atoms with van der Waals surface area (Å²) in [6.07, 6.45) is 0.921. The van der Waals surface area contributed by atoms with Gasteiger partial charge in [-0.2, -0.15) is 0 Å². The fraction of sp³-hybridized carbons (Fsp3) is 0.500. The molecule has 5 heteroatoms. The number of benzene rings is 1. The first-order valence-corrected chi connectivity index (χ1v) is 7.12. The number of amides is 1. The predicted molar refractivity (Wildman–Crippen MR) is 79.0 cm³/mol. The number of rotatable bonds is 2. The minimum Gasteiger partial charge on any atom is -0.349 e. The summed E-state index contributed by atoms with van der Waals surface area (Å²) in [5, 5.41) is 7.34. The van der Waals surface area contributed by atoms with Crippen molar-refractivity contribution in [1.29, 1.82) is 0 Å². The molecule has 104 valence electrons. The Kier molecular flexibility index (Phi) is 4.39. The standard InChI is InChI=1S/C14H18Cl2N2O/c1-14(2)8-17-6-5-12(14)18-13(19)10-4-3-9(15)7-11(10)16/h3-4,7,12,17H,5-6,8H2,1-2H3,(H,18,19). The van der Waals surface area contributed by atoms with Crippen LogP contribution in [0, 0.1) is 5.41 Å². The van der Waals surface area contributed by atoms with Crippen molar-refractivity contribution >= 4 is 29.1 Å². The molecule has 2 N–H and O–H groups in total. The Balaban J connectivity index is 2.12. The monoisotopic (exact) mass is 300 g/mol. The highest BCUT2D eigenvalue weighted by molar-refractivity contribution is 6.36. The first-order chi connectivity index (χ1) is 8.90. The molecule has 1 amide bonds. The minimum absolute atomic E-state index is 0.0345. The highest BCUT2D eigenvalue weighted by Crippen LogP contribution is 2.26. The number of nitrogens with one attached hydrogen (secondary N) is 2. The van der Waals surface area contributed by atoms with E-state index in [1.165, 1.54) is 0 Å². The van der Waals surface area contributed by atoms with Crippen molar-refractivity contribution in [3.63, 3.8) is 0 Å². The summed E-state index contributed by atoms with van der Waals surface area (Å²) in [7, 11) is 0. The lowest BCUT2D eigenvalue weighted by Crippen LogP contribution is -2.54. The Morgan fingerprint density at radius 2 is 2.16 bits per heavy atom. The number of piperidine rings is 1. The van der Waals surface area contributed by atoms with Gasteiger partial charge in [0.25, 0.3) is 5.91 Å². The van der Waals surface area contributed by atoms with Crippen LogP contribution in [0.3, 0.4) is 0 Å². The summed E-state index contributed by atoms with van der Waals surface area (Å²) in [6.45, 7) is 6.11. The summed E-state index contributed by atoms with van der Waals surface area (Å²) in [5.74, 6) is -0.137. The smallest absolute Gasteiger partial charge is 0.253 e. The molecule has 1 aliphatic heterocycles. The largest absolute Gasteiger partial charge is 0.349 e. The average molecular weight is 301 g/mol. The van der Waals surface area contributed by atoms with Gasteiger partial charge in [-0.25, -0.2) is 0 Å². The van der Waals surface area contributed by atoms with Gasteiger partial charge in [0.15, 0.2) is 0 Å². The molecule has 0 radical (unpaired) electrons. The van der Waals surface area contributed by atoms with Gasteiger partial charge in [0.05, 0.1) is 10.6 Å². The summed E-state index contributed by atoms with van der Waals surface area (Å²) in [4.78, 5) is 12.3. The molecule has 1 aromatic carbocycles. The minimum atomic E-state index is -0.137. The zero-order valence-corrected chi connectivity index (χ0v) is 12.6. The molecule has 1 aliphatic rings. The van der Waals surface area contributed by atoms with E-state index in [4.69, 9.17) is 23.2 Å². The maximum atomic E-state index is 12.3. The molecular weight excluding hydrogens is 283 g/mol. The van der Waals surface area contributed by atoms with Crippen LogP contribution in [-0.2, 0) is 0 Å². The first kappa shape index (κ1) is 14.6. The number of carbonyl (C=O) groups excluding carboxylic acids is 1. The second-order valence-corrected chi connectivity index (χ2v) is 6.45. The Hall–Kier alpha value is -0.770. The Labute approximate surface area is 123 Å². The normalized spacial score (nSPS) is 22.0. The molecule has 1 unspecified atom stereocenters. The van der Waals surface area contributed by atoms with E-state index in [9.17, 15) is 4.79 Å². The SMILES string of the molecule is CC1(C)CNCCC1NC(=O)c1ccc(Cl)cc1Cl. The van der Waals surface area contributed by atoms with Crippen LogP contribution in [0.25, 0.3) is 0 Å². The van der Waals surface area contributed by atoms with Crippen LogP contribution in [0.2, 0.25) is 10.0 Å². The van der Waals surface area contributed by atoms with Crippen LogP contribution in [0.4, 0.5) is 0 Å². The van der Waals surface area contributed by atoms with Gasteiger partial charge < -0.3 is 10.6 Å². The van der Waals surface area contributed by atoms with E-state index in [2.05, 4.69) is 24.5 Å². The van der Waals surface area contributed by atoms with Crippen LogP contribution in [0.15, 0.2) is 18.2 Å².